The number of benzene rings is 2. The van der Waals surface area contributed by atoms with E-state index in [4.69, 9.17) is 0 Å². The van der Waals surface area contributed by atoms with Crippen molar-refractivity contribution >= 4 is 21.9 Å². The third kappa shape index (κ3) is 17.0. The first-order chi connectivity index (χ1) is 17.9. The van der Waals surface area contributed by atoms with Crippen LogP contribution in [0.15, 0.2) is 53.5 Å². The zero-order valence-corrected chi connectivity index (χ0v) is 27.6. The Morgan fingerprint density at radius 2 is 1.32 bits per heavy atom. The first-order valence-corrected chi connectivity index (χ1v) is 16.9. The third-order valence-electron chi connectivity index (χ3n) is 5.79. The van der Waals surface area contributed by atoms with E-state index in [0.29, 0.717) is 11.5 Å². The normalized spacial score (nSPS) is 24.3. The number of hydrogen-bond acceptors (Lipinski definition) is 5. The molecule has 14 heteroatoms. The molecule has 5 nitrogen and oxygen atoms in total. The molecule has 0 amide bonds. The van der Waals surface area contributed by atoms with Gasteiger partial charge in [0.05, 0.1) is 20.0 Å². The van der Waals surface area contributed by atoms with Gasteiger partial charge in [0.25, 0.3) is 0 Å². The molecular weight excluding hydrogens is 750 g/mol. The van der Waals surface area contributed by atoms with Crippen molar-refractivity contribution in [1.82, 2.24) is 14.7 Å². The monoisotopic (exact) mass is 791 g/mol. The number of nitrogens with zero attached hydrogens (tertiary/aromatic N) is 4. The van der Waals surface area contributed by atoms with E-state index in [1.807, 2.05) is 6.07 Å². The average Bonchev–Trinajstić information content (AvgIpc) is 2.79. The molecule has 4 heterocycles. The Morgan fingerprint density at radius 3 is 1.70 bits per heavy atom. The summed E-state index contributed by atoms with van der Waals surface area (Å²) in [5.74, 6) is 0.693. The minimum absolute atomic E-state index is 0. The van der Waals surface area contributed by atoms with Gasteiger partial charge in [-0.2, -0.15) is 0 Å². The molecule has 0 radical (unpaired) electrons. The van der Waals surface area contributed by atoms with Crippen LogP contribution in [0.4, 0.5) is 25.2 Å². The summed E-state index contributed by atoms with van der Waals surface area (Å²) in [5, 5.41) is 11.1. The second-order valence-corrected chi connectivity index (χ2v) is 14.6. The second kappa shape index (κ2) is 14.9. The van der Waals surface area contributed by atoms with E-state index >= 15 is 0 Å². The summed E-state index contributed by atoms with van der Waals surface area (Å²) in [5.41, 5.74) is 3.43. The van der Waals surface area contributed by atoms with Crippen LogP contribution in [0, 0.1) is 6.92 Å². The summed E-state index contributed by atoms with van der Waals surface area (Å²) in [6, 6.07) is 15.6. The molecule has 228 valence electrons. The average molecular weight is 790 g/mol. The maximum Gasteiger partial charge on any atom is 2.00 e. The number of rotatable bonds is 4. The fourth-order valence-corrected chi connectivity index (χ4v) is 7.01. The molecule has 0 N–H and O–H groups in total. The van der Waals surface area contributed by atoms with Crippen LogP contribution in [-0.2, 0) is 19.8 Å². The molecule has 4 fully saturated rings. The van der Waals surface area contributed by atoms with Gasteiger partial charge in [-0.05, 0) is 30.4 Å². The molecule has 0 aliphatic carbocycles. The minimum atomic E-state index is -10.7. The van der Waals surface area contributed by atoms with E-state index in [1.54, 1.807) is 24.4 Å². The first-order valence-electron chi connectivity index (χ1n) is 12.8. The molecule has 2 aromatic carbocycles. The Morgan fingerprint density at radius 1 is 0.875 bits per heavy atom. The molecule has 6 rings (SSSR count). The fourth-order valence-electron chi connectivity index (χ4n) is 4.21. The van der Waals surface area contributed by atoms with Gasteiger partial charge >= 0.3 is 52.8 Å². The van der Waals surface area contributed by atoms with Crippen molar-refractivity contribution in [2.24, 2.45) is 4.99 Å². The Hall–Kier alpha value is -1.13. The SMILES string of the molecule is C1N2CN3CN1C[PH+](C2)C3.CCCN=Cc1ccccc1[O-].Cc1ccc(C(C)C)cc1.F[P-](F)(F)(F)(F)F.[Os+2]. The van der Waals surface area contributed by atoms with Crippen molar-refractivity contribution in [3.8, 4) is 5.75 Å². The fraction of sp³-hybridized carbons (Fsp3) is 0.500. The molecular formula is C26H39F6N4OOsP2+. The molecule has 0 spiro atoms. The van der Waals surface area contributed by atoms with Crippen LogP contribution in [0.1, 0.15) is 49.8 Å². The molecule has 2 aromatic rings. The second-order valence-electron chi connectivity index (χ2n) is 10.3. The number of para-hydroxylation sites is 1. The van der Waals surface area contributed by atoms with Crippen molar-refractivity contribution in [3.05, 3.63) is 65.2 Å². The van der Waals surface area contributed by atoms with E-state index in [1.165, 1.54) is 50.0 Å². The predicted octanol–water partition coefficient (Wildman–Crippen LogP) is 7.98. The summed E-state index contributed by atoms with van der Waals surface area (Å²) in [6.07, 6.45) is 7.02. The summed E-state index contributed by atoms with van der Waals surface area (Å²) >= 11 is 0. The van der Waals surface area contributed by atoms with Gasteiger partial charge in [-0.15, -0.1) is 5.75 Å². The summed E-state index contributed by atoms with van der Waals surface area (Å²) in [7, 11) is -10.6. The van der Waals surface area contributed by atoms with Gasteiger partial charge in [0, 0.05) is 20.7 Å². The predicted molar refractivity (Wildman–Crippen MR) is 151 cm³/mol. The molecule has 0 saturated carbocycles. The van der Waals surface area contributed by atoms with Crippen molar-refractivity contribution in [1.29, 1.82) is 0 Å². The molecule has 4 aliphatic rings. The van der Waals surface area contributed by atoms with Crippen molar-refractivity contribution in [2.75, 3.05) is 45.4 Å². The first kappa shape index (κ1) is 36.9. The maximum absolute atomic E-state index is 11.1. The molecule has 4 aliphatic heterocycles. The Balaban J connectivity index is 0.000000269. The van der Waals surface area contributed by atoms with Crippen LogP contribution >= 0.6 is 15.7 Å². The van der Waals surface area contributed by atoms with Gasteiger partial charge < -0.3 is 5.11 Å². The zero-order chi connectivity index (χ0) is 29.3. The summed E-state index contributed by atoms with van der Waals surface area (Å²) in [4.78, 5) is 11.9. The number of aliphatic imine (C=N–C) groups is 1. The maximum atomic E-state index is 11.1. The largest absolute Gasteiger partial charge is 2.00 e. The van der Waals surface area contributed by atoms with E-state index in [-0.39, 0.29) is 33.5 Å². The quantitative estimate of drug-likeness (QED) is 0.179. The molecule has 4 saturated heterocycles. The molecule has 40 heavy (non-hydrogen) atoms. The number of aryl methyl sites for hydroxylation is 1. The van der Waals surface area contributed by atoms with Crippen molar-refractivity contribution in [2.45, 2.75) is 40.0 Å². The Kier molecular flexibility index (Phi) is 13.7. The zero-order valence-electron chi connectivity index (χ0n) is 23.2. The van der Waals surface area contributed by atoms with Crippen molar-refractivity contribution < 1.29 is 50.1 Å². The van der Waals surface area contributed by atoms with Gasteiger partial charge in [0.1, 0.15) is 18.9 Å². The van der Waals surface area contributed by atoms with E-state index < -0.39 is 7.81 Å². The number of halogens is 6. The van der Waals surface area contributed by atoms with Gasteiger partial charge in [0.2, 0.25) is 0 Å². The van der Waals surface area contributed by atoms with Gasteiger partial charge in [-0.25, -0.2) is 14.7 Å². The van der Waals surface area contributed by atoms with Gasteiger partial charge in [-0.1, -0.05) is 74.9 Å². The van der Waals surface area contributed by atoms with Crippen LogP contribution in [0.25, 0.3) is 0 Å². The Bertz CT molecular complexity index is 1010. The number of hydrogen-bond donors (Lipinski definition) is 0. The van der Waals surface area contributed by atoms with E-state index in [9.17, 15) is 30.3 Å². The van der Waals surface area contributed by atoms with Crippen LogP contribution in [0.2, 0.25) is 0 Å². The minimum Gasteiger partial charge on any atom is 2.00 e. The van der Waals surface area contributed by atoms with Crippen molar-refractivity contribution in [3.63, 3.8) is 0 Å². The van der Waals surface area contributed by atoms with E-state index in [0.717, 1.165) is 13.0 Å². The summed E-state index contributed by atoms with van der Waals surface area (Å²) < 4.78 is 59.2. The Labute approximate surface area is 247 Å². The molecule has 0 aromatic heterocycles. The summed E-state index contributed by atoms with van der Waals surface area (Å²) in [6.45, 7) is 13.1. The smallest absolute Gasteiger partial charge is 2.00 e. The van der Waals surface area contributed by atoms with Crippen LogP contribution in [0.3, 0.4) is 0 Å². The van der Waals surface area contributed by atoms with Gasteiger partial charge in [-0.3, -0.25) is 4.99 Å². The third-order valence-corrected chi connectivity index (χ3v) is 8.47. The van der Waals surface area contributed by atoms with Crippen LogP contribution in [-0.4, -0.2) is 66.3 Å². The van der Waals surface area contributed by atoms with Crippen LogP contribution in [0.5, 0.6) is 5.75 Å². The standard InChI is InChI=1S/C10H13NO.C10H14.C6H12N3P.F6P.Os/c1-2-7-11-8-9-5-3-4-6-10(9)12;1-8(2)10-6-4-9(3)5-7-10;1-7-2-9-3-8(1)5-10(4-7)6-9;1-7(2,3,4,5)6;/h3-6,8,12H,2,7H2,1H3;4-8H,1-3H3;1-6H2;;/q;;;-1;+2. The molecule has 0 atom stereocenters. The van der Waals surface area contributed by atoms with E-state index in [2.05, 4.69) is 71.7 Å². The molecule has 0 unspecified atom stereocenters. The van der Waals surface area contributed by atoms with Gasteiger partial charge in [0.15, 0.2) is 0 Å². The molecule has 4 bridgehead atoms. The van der Waals surface area contributed by atoms with Crippen LogP contribution < -0.4 is 5.11 Å². The topological polar surface area (TPSA) is 45.1 Å².